The predicted octanol–water partition coefficient (Wildman–Crippen LogP) is -0.126. The van der Waals surface area contributed by atoms with Gasteiger partial charge in [0.1, 0.15) is 0 Å². The summed E-state index contributed by atoms with van der Waals surface area (Å²) in [6.07, 6.45) is 2.47. The fraction of sp³-hybridized carbons (Fsp3) is 0.833. The number of hydrogen-bond donors (Lipinski definition) is 3. The second-order valence-corrected chi connectivity index (χ2v) is 5.31. The highest BCUT2D eigenvalue weighted by Crippen LogP contribution is 2.27. The molecule has 0 aromatic heterocycles. The van der Waals surface area contributed by atoms with Gasteiger partial charge in [-0.15, -0.1) is 0 Å². The van der Waals surface area contributed by atoms with E-state index in [9.17, 15) is 9.59 Å². The number of carbonyl (C=O) groups excluding carboxylic acids is 2. The number of nitrogens with one attached hydrogen (secondary N) is 3. The highest BCUT2D eigenvalue weighted by Gasteiger charge is 2.26. The molecule has 0 saturated heterocycles. The second-order valence-electron chi connectivity index (χ2n) is 5.31. The van der Waals surface area contributed by atoms with E-state index in [4.69, 9.17) is 0 Å². The van der Waals surface area contributed by atoms with E-state index in [-0.39, 0.29) is 18.4 Å². The Morgan fingerprint density at radius 3 is 2.47 bits per heavy atom. The first-order valence-electron chi connectivity index (χ1n) is 6.15. The number of rotatable bonds is 7. The lowest BCUT2D eigenvalue weighted by molar-refractivity contribution is -0.129. The summed E-state index contributed by atoms with van der Waals surface area (Å²) >= 11 is 0. The van der Waals surface area contributed by atoms with Gasteiger partial charge in [-0.05, 0) is 32.6 Å². The van der Waals surface area contributed by atoms with Crippen molar-refractivity contribution in [3.63, 3.8) is 0 Å². The Morgan fingerprint density at radius 2 is 1.94 bits per heavy atom. The Labute approximate surface area is 103 Å². The van der Waals surface area contributed by atoms with Gasteiger partial charge in [0.2, 0.25) is 11.8 Å². The van der Waals surface area contributed by atoms with Gasteiger partial charge in [0.15, 0.2) is 0 Å². The van der Waals surface area contributed by atoms with Gasteiger partial charge < -0.3 is 16.0 Å². The van der Waals surface area contributed by atoms with E-state index in [1.54, 1.807) is 7.05 Å². The maximum atomic E-state index is 11.5. The molecule has 1 aliphatic carbocycles. The Hall–Kier alpha value is -1.10. The van der Waals surface area contributed by atoms with Crippen LogP contribution in [0, 0.1) is 11.3 Å². The van der Waals surface area contributed by atoms with Crippen LogP contribution in [0.25, 0.3) is 0 Å². The van der Waals surface area contributed by atoms with Crippen LogP contribution in [0.3, 0.4) is 0 Å². The number of hydrogen-bond acceptors (Lipinski definition) is 3. The molecule has 1 aliphatic rings. The molecule has 1 saturated carbocycles. The summed E-state index contributed by atoms with van der Waals surface area (Å²) in [5, 5.41) is 8.50. The maximum Gasteiger partial charge on any atom is 0.233 e. The number of amides is 2. The zero-order valence-electron chi connectivity index (χ0n) is 10.9. The van der Waals surface area contributed by atoms with Crippen molar-refractivity contribution >= 4 is 11.8 Å². The molecule has 0 heterocycles. The molecule has 0 atom stereocenters. The van der Waals surface area contributed by atoms with Crippen molar-refractivity contribution in [2.24, 2.45) is 11.3 Å². The molecule has 0 radical (unpaired) electrons. The van der Waals surface area contributed by atoms with Crippen molar-refractivity contribution < 1.29 is 9.59 Å². The average molecular weight is 241 g/mol. The Kier molecular flexibility index (Phi) is 4.93. The molecule has 3 N–H and O–H groups in total. The van der Waals surface area contributed by atoms with Gasteiger partial charge in [-0.3, -0.25) is 9.59 Å². The molecular weight excluding hydrogens is 218 g/mol. The zero-order valence-corrected chi connectivity index (χ0v) is 10.9. The van der Waals surface area contributed by atoms with Crippen LogP contribution in [-0.2, 0) is 9.59 Å². The summed E-state index contributed by atoms with van der Waals surface area (Å²) in [5.41, 5.74) is -0.495. The molecule has 5 nitrogen and oxygen atoms in total. The fourth-order valence-corrected chi connectivity index (χ4v) is 1.55. The third-order valence-electron chi connectivity index (χ3n) is 2.98. The first-order chi connectivity index (χ1) is 7.95. The highest BCUT2D eigenvalue weighted by molar-refractivity contribution is 5.82. The standard InChI is InChI=1S/C12H23N3O2/c1-12(2,11(17)13-3)8-14-7-10(16)15-6-9-4-5-9/h9,14H,4-8H2,1-3H3,(H,13,17)(H,15,16). The van der Waals surface area contributed by atoms with Crippen molar-refractivity contribution in [1.29, 1.82) is 0 Å². The van der Waals surface area contributed by atoms with Crippen LogP contribution in [0.15, 0.2) is 0 Å². The highest BCUT2D eigenvalue weighted by atomic mass is 16.2. The van der Waals surface area contributed by atoms with Crippen LogP contribution >= 0.6 is 0 Å². The minimum Gasteiger partial charge on any atom is -0.359 e. The quantitative estimate of drug-likeness (QED) is 0.582. The van der Waals surface area contributed by atoms with Crippen LogP contribution < -0.4 is 16.0 Å². The molecule has 0 spiro atoms. The molecule has 1 fully saturated rings. The topological polar surface area (TPSA) is 70.2 Å². The van der Waals surface area contributed by atoms with Gasteiger partial charge >= 0.3 is 0 Å². The SMILES string of the molecule is CNC(=O)C(C)(C)CNCC(=O)NCC1CC1. The lowest BCUT2D eigenvalue weighted by Crippen LogP contribution is -2.44. The van der Waals surface area contributed by atoms with Gasteiger partial charge in [-0.2, -0.15) is 0 Å². The van der Waals surface area contributed by atoms with Crippen LogP contribution in [0.1, 0.15) is 26.7 Å². The van der Waals surface area contributed by atoms with Crippen molar-refractivity contribution in [3.05, 3.63) is 0 Å². The maximum absolute atomic E-state index is 11.5. The molecule has 1 rings (SSSR count). The van der Waals surface area contributed by atoms with E-state index < -0.39 is 5.41 Å². The summed E-state index contributed by atoms with van der Waals surface area (Å²) in [4.78, 5) is 22.9. The third-order valence-corrected chi connectivity index (χ3v) is 2.98. The minimum atomic E-state index is -0.495. The summed E-state index contributed by atoms with van der Waals surface area (Å²) < 4.78 is 0. The molecule has 0 bridgehead atoms. The third kappa shape index (κ3) is 5.17. The van der Waals surface area contributed by atoms with Crippen LogP contribution in [-0.4, -0.2) is 38.5 Å². The first-order valence-corrected chi connectivity index (χ1v) is 6.15. The van der Waals surface area contributed by atoms with E-state index in [0.29, 0.717) is 12.5 Å². The first kappa shape index (κ1) is 14.0. The van der Waals surface area contributed by atoms with Crippen molar-refractivity contribution in [2.75, 3.05) is 26.7 Å². The van der Waals surface area contributed by atoms with E-state index in [2.05, 4.69) is 16.0 Å². The Morgan fingerprint density at radius 1 is 1.29 bits per heavy atom. The molecule has 98 valence electrons. The molecular formula is C12H23N3O2. The molecule has 0 aromatic carbocycles. The van der Waals surface area contributed by atoms with Crippen LogP contribution in [0.4, 0.5) is 0 Å². The normalized spacial score (nSPS) is 15.5. The van der Waals surface area contributed by atoms with E-state index in [0.717, 1.165) is 6.54 Å². The van der Waals surface area contributed by atoms with Gasteiger partial charge in [0.05, 0.1) is 12.0 Å². The summed E-state index contributed by atoms with van der Waals surface area (Å²) in [6, 6.07) is 0. The zero-order chi connectivity index (χ0) is 12.9. The Balaban J connectivity index is 2.12. The lowest BCUT2D eigenvalue weighted by Gasteiger charge is -2.22. The predicted molar refractivity (Wildman–Crippen MR) is 66.5 cm³/mol. The van der Waals surface area contributed by atoms with Gasteiger partial charge in [-0.1, -0.05) is 0 Å². The molecule has 17 heavy (non-hydrogen) atoms. The van der Waals surface area contributed by atoms with Crippen molar-refractivity contribution in [3.8, 4) is 0 Å². The summed E-state index contributed by atoms with van der Waals surface area (Å²) in [5.74, 6) is 0.675. The van der Waals surface area contributed by atoms with E-state index >= 15 is 0 Å². The summed E-state index contributed by atoms with van der Waals surface area (Å²) in [6.45, 7) is 5.25. The van der Waals surface area contributed by atoms with Crippen molar-refractivity contribution in [1.82, 2.24) is 16.0 Å². The largest absolute Gasteiger partial charge is 0.359 e. The van der Waals surface area contributed by atoms with Crippen LogP contribution in [0.5, 0.6) is 0 Å². The molecule has 0 aliphatic heterocycles. The van der Waals surface area contributed by atoms with Crippen molar-refractivity contribution in [2.45, 2.75) is 26.7 Å². The Bertz CT molecular complexity index is 285. The number of carbonyl (C=O) groups is 2. The minimum absolute atomic E-state index is 0.00427. The molecule has 0 unspecified atom stereocenters. The lowest BCUT2D eigenvalue weighted by atomic mass is 9.92. The van der Waals surface area contributed by atoms with Crippen LogP contribution in [0.2, 0.25) is 0 Å². The molecule has 2 amide bonds. The monoisotopic (exact) mass is 241 g/mol. The van der Waals surface area contributed by atoms with Gasteiger partial charge in [0, 0.05) is 20.1 Å². The average Bonchev–Trinajstić information content (AvgIpc) is 3.08. The fourth-order valence-electron chi connectivity index (χ4n) is 1.55. The second kappa shape index (κ2) is 6.00. The van der Waals surface area contributed by atoms with Gasteiger partial charge in [0.25, 0.3) is 0 Å². The smallest absolute Gasteiger partial charge is 0.233 e. The van der Waals surface area contributed by atoms with Gasteiger partial charge in [-0.25, -0.2) is 0 Å². The summed E-state index contributed by atoms with van der Waals surface area (Å²) in [7, 11) is 1.62. The molecule has 5 heteroatoms. The van der Waals surface area contributed by atoms with E-state index in [1.165, 1.54) is 12.8 Å². The van der Waals surface area contributed by atoms with E-state index in [1.807, 2.05) is 13.8 Å². The molecule has 0 aromatic rings.